The normalized spacial score (nSPS) is 26.7. The molecule has 1 fully saturated rings. The quantitative estimate of drug-likeness (QED) is 0.606. The molecular formula is C15H25N3O4S2. The minimum atomic E-state index is -0.328. The van der Waals surface area contributed by atoms with E-state index in [9.17, 15) is 4.79 Å². The smallest absolute Gasteiger partial charge is 0.303 e. The number of esters is 1. The average Bonchev–Trinajstić information content (AvgIpc) is 3.13. The lowest BCUT2D eigenvalue weighted by molar-refractivity contribution is -0.142. The van der Waals surface area contributed by atoms with Gasteiger partial charge in [-0.2, -0.15) is 23.5 Å². The van der Waals surface area contributed by atoms with Crippen molar-refractivity contribution in [3.63, 3.8) is 0 Å². The first-order valence-corrected chi connectivity index (χ1v) is 10.1. The summed E-state index contributed by atoms with van der Waals surface area (Å²) in [5.41, 5.74) is 0.630. The molecule has 2 rings (SSSR count). The van der Waals surface area contributed by atoms with Crippen molar-refractivity contribution in [1.29, 1.82) is 0 Å². The van der Waals surface area contributed by atoms with Crippen LogP contribution in [0.25, 0.3) is 0 Å². The zero-order valence-electron chi connectivity index (χ0n) is 14.5. The summed E-state index contributed by atoms with van der Waals surface area (Å²) in [6, 6.07) is 0. The van der Waals surface area contributed by atoms with E-state index in [2.05, 4.69) is 24.2 Å². The molecule has 0 spiro atoms. The number of methoxy groups -OCH3 is 1. The molecule has 24 heavy (non-hydrogen) atoms. The summed E-state index contributed by atoms with van der Waals surface area (Å²) in [4.78, 5) is 10.9. The van der Waals surface area contributed by atoms with Crippen LogP contribution in [0.2, 0.25) is 0 Å². The van der Waals surface area contributed by atoms with Crippen molar-refractivity contribution in [2.24, 2.45) is 0 Å². The molecule has 4 atom stereocenters. The highest BCUT2D eigenvalue weighted by Crippen LogP contribution is 2.39. The zero-order valence-corrected chi connectivity index (χ0v) is 16.1. The highest BCUT2D eigenvalue weighted by atomic mass is 32.2. The van der Waals surface area contributed by atoms with Gasteiger partial charge in [-0.15, -0.1) is 5.10 Å². The summed E-state index contributed by atoms with van der Waals surface area (Å²) in [7, 11) is 1.69. The number of hydrogen-bond acceptors (Lipinski definition) is 8. The topological polar surface area (TPSA) is 75.5 Å². The molecule has 2 heterocycles. The van der Waals surface area contributed by atoms with Gasteiger partial charge in [-0.05, 0) is 11.5 Å². The molecule has 0 radical (unpaired) electrons. The lowest BCUT2D eigenvalue weighted by Gasteiger charge is -2.21. The summed E-state index contributed by atoms with van der Waals surface area (Å²) < 4.78 is 18.3. The molecular weight excluding hydrogens is 350 g/mol. The second kappa shape index (κ2) is 9.65. The monoisotopic (exact) mass is 375 g/mol. The van der Waals surface area contributed by atoms with Crippen molar-refractivity contribution in [3.05, 3.63) is 11.9 Å². The third-order valence-corrected chi connectivity index (χ3v) is 6.32. The van der Waals surface area contributed by atoms with Crippen LogP contribution in [0, 0.1) is 0 Å². The molecule has 9 heteroatoms. The first-order chi connectivity index (χ1) is 11.6. The van der Waals surface area contributed by atoms with E-state index in [1.165, 1.54) is 6.92 Å². The minimum absolute atomic E-state index is 0.00669. The molecule has 0 unspecified atom stereocenters. The summed E-state index contributed by atoms with van der Waals surface area (Å²) in [6.45, 7) is 6.42. The summed E-state index contributed by atoms with van der Waals surface area (Å²) in [5, 5.41) is 8.79. The zero-order chi connectivity index (χ0) is 17.5. The first kappa shape index (κ1) is 19.6. The molecule has 0 bridgehead atoms. The Kier molecular flexibility index (Phi) is 7.86. The highest BCUT2D eigenvalue weighted by Gasteiger charge is 2.45. The van der Waals surface area contributed by atoms with E-state index < -0.39 is 0 Å². The van der Waals surface area contributed by atoms with Crippen LogP contribution in [-0.2, 0) is 32.2 Å². The van der Waals surface area contributed by atoms with E-state index in [0.29, 0.717) is 22.7 Å². The Hall–Kier alpha value is -0.770. The van der Waals surface area contributed by atoms with Gasteiger partial charge >= 0.3 is 5.97 Å². The van der Waals surface area contributed by atoms with Crippen LogP contribution >= 0.6 is 23.5 Å². The van der Waals surface area contributed by atoms with E-state index in [0.717, 1.165) is 11.5 Å². The molecule has 1 aromatic rings. The average molecular weight is 376 g/mol. The number of carbonyl (C=O) groups is 1. The Morgan fingerprint density at radius 2 is 2.04 bits per heavy atom. The standard InChI is InChI=1S/C15H25N3O4S2/c1-5-23-13-12(22-15(20-4)14(13)24-6-2)8-18-7-11(16-17-18)9-21-10(3)19/h7,12-15H,5-6,8-9H2,1-4H3/t12-,13-,14-,15-/m1/s1. The Bertz CT molecular complexity index is 529. The number of aromatic nitrogens is 3. The number of nitrogens with zero attached hydrogens (tertiary/aromatic N) is 3. The second-order valence-corrected chi connectivity index (χ2v) is 8.24. The second-order valence-electron chi connectivity index (χ2n) is 5.33. The maximum atomic E-state index is 10.9. The van der Waals surface area contributed by atoms with Gasteiger partial charge in [0.1, 0.15) is 12.3 Å². The van der Waals surface area contributed by atoms with Gasteiger partial charge in [0.25, 0.3) is 0 Å². The molecule has 0 aromatic carbocycles. The molecule has 0 aliphatic carbocycles. The SMILES string of the molecule is CCS[C@H]1[C@H](OC)O[C@H](Cn2cc(COC(C)=O)nn2)[C@H]1SCC. The van der Waals surface area contributed by atoms with Crippen LogP contribution in [-0.4, -0.2) is 62.5 Å². The molecule has 7 nitrogen and oxygen atoms in total. The van der Waals surface area contributed by atoms with Crippen LogP contribution in [0.4, 0.5) is 0 Å². The van der Waals surface area contributed by atoms with Gasteiger partial charge < -0.3 is 14.2 Å². The number of hydrogen-bond donors (Lipinski definition) is 0. The van der Waals surface area contributed by atoms with Crippen molar-refractivity contribution >= 4 is 29.5 Å². The Morgan fingerprint density at radius 1 is 1.33 bits per heavy atom. The van der Waals surface area contributed by atoms with Crippen LogP contribution < -0.4 is 0 Å². The van der Waals surface area contributed by atoms with Gasteiger partial charge in [-0.1, -0.05) is 19.1 Å². The van der Waals surface area contributed by atoms with E-state index in [1.807, 2.05) is 23.5 Å². The van der Waals surface area contributed by atoms with Gasteiger partial charge in [-0.25, -0.2) is 4.68 Å². The van der Waals surface area contributed by atoms with E-state index in [1.54, 1.807) is 18.0 Å². The van der Waals surface area contributed by atoms with Gasteiger partial charge in [0, 0.05) is 19.3 Å². The lowest BCUT2D eigenvalue weighted by atomic mass is 10.2. The molecule has 0 saturated carbocycles. The third kappa shape index (κ3) is 5.11. The highest BCUT2D eigenvalue weighted by molar-refractivity contribution is 8.03. The Morgan fingerprint density at radius 3 is 2.67 bits per heavy atom. The molecule has 1 aliphatic heterocycles. The fraction of sp³-hybridized carbons (Fsp3) is 0.800. The molecule has 1 saturated heterocycles. The van der Waals surface area contributed by atoms with E-state index >= 15 is 0 Å². The Balaban J connectivity index is 2.02. The van der Waals surface area contributed by atoms with E-state index in [4.69, 9.17) is 14.2 Å². The van der Waals surface area contributed by atoms with E-state index in [-0.39, 0.29) is 25.0 Å². The first-order valence-electron chi connectivity index (χ1n) is 8.02. The van der Waals surface area contributed by atoms with Crippen molar-refractivity contribution in [1.82, 2.24) is 15.0 Å². The van der Waals surface area contributed by atoms with Crippen LogP contribution in [0.15, 0.2) is 6.20 Å². The fourth-order valence-electron chi connectivity index (χ4n) is 2.64. The lowest BCUT2D eigenvalue weighted by Crippen LogP contribution is -2.31. The minimum Gasteiger partial charge on any atom is -0.459 e. The Labute approximate surface area is 151 Å². The predicted molar refractivity (Wildman–Crippen MR) is 95.0 cm³/mol. The van der Waals surface area contributed by atoms with Crippen molar-refractivity contribution < 1.29 is 19.0 Å². The molecule has 136 valence electrons. The number of thioether (sulfide) groups is 2. The van der Waals surface area contributed by atoms with Crippen molar-refractivity contribution in [2.45, 2.75) is 56.8 Å². The van der Waals surface area contributed by atoms with Gasteiger partial charge in [0.2, 0.25) is 0 Å². The molecule has 0 amide bonds. The molecule has 0 N–H and O–H groups in total. The summed E-state index contributed by atoms with van der Waals surface area (Å²) in [5.74, 6) is 1.72. The molecule has 1 aromatic heterocycles. The van der Waals surface area contributed by atoms with Crippen LogP contribution in [0.1, 0.15) is 26.5 Å². The van der Waals surface area contributed by atoms with Gasteiger partial charge in [0.15, 0.2) is 6.29 Å². The third-order valence-electron chi connectivity index (χ3n) is 3.59. The maximum absolute atomic E-state index is 10.9. The fourth-order valence-corrected chi connectivity index (χ4v) is 5.27. The van der Waals surface area contributed by atoms with Crippen molar-refractivity contribution in [3.8, 4) is 0 Å². The number of rotatable bonds is 9. The van der Waals surface area contributed by atoms with Crippen molar-refractivity contribution in [2.75, 3.05) is 18.6 Å². The van der Waals surface area contributed by atoms with Crippen LogP contribution in [0.3, 0.4) is 0 Å². The maximum Gasteiger partial charge on any atom is 0.303 e. The van der Waals surface area contributed by atoms with Gasteiger partial charge in [0.05, 0.1) is 24.1 Å². The van der Waals surface area contributed by atoms with Gasteiger partial charge in [-0.3, -0.25) is 4.79 Å². The van der Waals surface area contributed by atoms with Crippen LogP contribution in [0.5, 0.6) is 0 Å². The number of carbonyl (C=O) groups excluding carboxylic acids is 1. The predicted octanol–water partition coefficient (Wildman–Crippen LogP) is 1.96. The summed E-state index contributed by atoms with van der Waals surface area (Å²) in [6.07, 6.45) is 1.60. The number of ether oxygens (including phenoxy) is 3. The molecule has 1 aliphatic rings. The largest absolute Gasteiger partial charge is 0.459 e. The summed E-state index contributed by atoms with van der Waals surface area (Å²) >= 11 is 3.77.